The number of rotatable bonds is 6. The first kappa shape index (κ1) is 17.7. The fraction of sp³-hybridized carbons (Fsp3) is 0.167. The van der Waals surface area contributed by atoms with Gasteiger partial charge in [0.15, 0.2) is 0 Å². The minimum absolute atomic E-state index is 0.137. The zero-order chi connectivity index (χ0) is 17.5. The third kappa shape index (κ3) is 4.96. The molecule has 2 aromatic carbocycles. The monoisotopic (exact) mass is 342 g/mol. The van der Waals surface area contributed by atoms with Crippen molar-refractivity contribution in [3.8, 4) is 0 Å². The molecule has 0 fully saturated rings. The Morgan fingerprint density at radius 3 is 2.50 bits per heavy atom. The molecule has 0 aliphatic carbocycles. The molecule has 0 aliphatic heterocycles. The highest BCUT2D eigenvalue weighted by Gasteiger charge is 2.13. The van der Waals surface area contributed by atoms with Gasteiger partial charge in [0.1, 0.15) is 0 Å². The Balaban J connectivity index is 1.95. The molecule has 0 heterocycles. The van der Waals surface area contributed by atoms with Crippen LogP contribution in [0.4, 0.5) is 0 Å². The van der Waals surface area contributed by atoms with E-state index in [1.807, 2.05) is 31.2 Å². The SMILES string of the molecule is Cc1ccc(S[C@H](C)C(=O)N/N=C\c2ccccc2C(=O)O)cc1. The van der Waals surface area contributed by atoms with Gasteiger partial charge in [-0.25, -0.2) is 10.2 Å². The van der Waals surface area contributed by atoms with Crippen LogP contribution in [0.5, 0.6) is 0 Å². The minimum atomic E-state index is -1.04. The number of hydrogen-bond acceptors (Lipinski definition) is 4. The van der Waals surface area contributed by atoms with Gasteiger partial charge in [0.2, 0.25) is 0 Å². The molecule has 6 heteroatoms. The number of carbonyl (C=O) groups is 2. The molecule has 124 valence electrons. The molecule has 0 spiro atoms. The fourth-order valence-corrected chi connectivity index (χ4v) is 2.80. The van der Waals surface area contributed by atoms with E-state index in [4.69, 9.17) is 5.11 Å². The van der Waals surface area contributed by atoms with Gasteiger partial charge < -0.3 is 5.11 Å². The van der Waals surface area contributed by atoms with Gasteiger partial charge in [0.25, 0.3) is 5.91 Å². The van der Waals surface area contributed by atoms with Gasteiger partial charge >= 0.3 is 5.97 Å². The number of nitrogens with one attached hydrogen (secondary N) is 1. The van der Waals surface area contributed by atoms with Gasteiger partial charge in [-0.15, -0.1) is 11.8 Å². The fourth-order valence-electron chi connectivity index (χ4n) is 1.94. The highest BCUT2D eigenvalue weighted by Crippen LogP contribution is 2.23. The first-order chi connectivity index (χ1) is 11.5. The molecule has 0 saturated carbocycles. The lowest BCUT2D eigenvalue weighted by Crippen LogP contribution is -2.26. The van der Waals surface area contributed by atoms with Gasteiger partial charge in [-0.2, -0.15) is 5.10 Å². The van der Waals surface area contributed by atoms with Crippen molar-refractivity contribution in [3.05, 3.63) is 65.2 Å². The van der Waals surface area contributed by atoms with Crippen LogP contribution < -0.4 is 5.43 Å². The van der Waals surface area contributed by atoms with Crippen molar-refractivity contribution in [2.45, 2.75) is 24.0 Å². The summed E-state index contributed by atoms with van der Waals surface area (Å²) in [7, 11) is 0. The zero-order valence-corrected chi connectivity index (χ0v) is 14.2. The number of thioether (sulfide) groups is 1. The number of benzene rings is 2. The molecule has 0 saturated heterocycles. The van der Waals surface area contributed by atoms with Crippen LogP contribution >= 0.6 is 11.8 Å². The van der Waals surface area contributed by atoms with Crippen molar-refractivity contribution < 1.29 is 14.7 Å². The third-order valence-corrected chi connectivity index (χ3v) is 4.38. The smallest absolute Gasteiger partial charge is 0.336 e. The molecule has 2 N–H and O–H groups in total. The summed E-state index contributed by atoms with van der Waals surface area (Å²) in [6, 6.07) is 14.4. The largest absolute Gasteiger partial charge is 0.478 e. The minimum Gasteiger partial charge on any atom is -0.478 e. The molecular weight excluding hydrogens is 324 g/mol. The quantitative estimate of drug-likeness (QED) is 0.479. The normalized spacial score (nSPS) is 12.1. The second-order valence-corrected chi connectivity index (χ2v) is 6.61. The molecule has 2 aromatic rings. The Bertz CT molecular complexity index is 757. The van der Waals surface area contributed by atoms with Crippen LogP contribution in [-0.4, -0.2) is 28.4 Å². The van der Waals surface area contributed by atoms with Crippen LogP contribution in [0.2, 0.25) is 0 Å². The van der Waals surface area contributed by atoms with E-state index in [1.165, 1.54) is 24.0 Å². The highest BCUT2D eigenvalue weighted by atomic mass is 32.2. The number of hydrogen-bond donors (Lipinski definition) is 2. The van der Waals surface area contributed by atoms with Gasteiger partial charge in [0.05, 0.1) is 17.0 Å². The summed E-state index contributed by atoms with van der Waals surface area (Å²) in [5.74, 6) is -1.28. The number of carbonyl (C=O) groups excluding carboxylic acids is 1. The first-order valence-corrected chi connectivity index (χ1v) is 8.24. The van der Waals surface area contributed by atoms with Crippen molar-refractivity contribution in [2.24, 2.45) is 5.10 Å². The molecule has 2 rings (SSSR count). The molecule has 24 heavy (non-hydrogen) atoms. The number of nitrogens with zero attached hydrogens (tertiary/aromatic N) is 1. The lowest BCUT2D eigenvalue weighted by molar-refractivity contribution is -0.120. The number of aromatic carboxylic acids is 1. The molecule has 0 aromatic heterocycles. The molecule has 1 amide bonds. The summed E-state index contributed by atoms with van der Waals surface area (Å²) in [5, 5.41) is 12.6. The van der Waals surface area contributed by atoms with Gasteiger partial charge in [-0.1, -0.05) is 35.9 Å². The standard InChI is InChI=1S/C18H18N2O3S/c1-12-7-9-15(10-8-12)24-13(2)17(21)20-19-11-14-5-3-4-6-16(14)18(22)23/h3-11,13H,1-2H3,(H,20,21)(H,22,23)/b19-11-/t13-/m1/s1. The van der Waals surface area contributed by atoms with E-state index >= 15 is 0 Å². The Morgan fingerprint density at radius 1 is 1.17 bits per heavy atom. The van der Waals surface area contributed by atoms with E-state index in [0.717, 1.165) is 10.5 Å². The molecule has 1 atom stereocenters. The molecule has 0 radical (unpaired) electrons. The van der Waals surface area contributed by atoms with Crippen molar-refractivity contribution in [2.75, 3.05) is 0 Å². The second kappa shape index (κ2) is 8.31. The predicted octanol–water partition coefficient (Wildman–Crippen LogP) is 3.32. The van der Waals surface area contributed by atoms with Crippen molar-refractivity contribution >= 4 is 29.9 Å². The summed E-state index contributed by atoms with van der Waals surface area (Å²) >= 11 is 1.43. The van der Waals surface area contributed by atoms with Crippen LogP contribution in [0, 0.1) is 6.92 Å². The zero-order valence-electron chi connectivity index (χ0n) is 13.4. The average molecular weight is 342 g/mol. The van der Waals surface area contributed by atoms with E-state index < -0.39 is 5.97 Å². The van der Waals surface area contributed by atoms with Crippen LogP contribution in [0.3, 0.4) is 0 Å². The number of carboxylic acids is 1. The maximum Gasteiger partial charge on any atom is 0.336 e. The van der Waals surface area contributed by atoms with E-state index in [1.54, 1.807) is 25.1 Å². The average Bonchev–Trinajstić information content (AvgIpc) is 2.57. The number of aryl methyl sites for hydroxylation is 1. The second-order valence-electron chi connectivity index (χ2n) is 5.20. The Kier molecular flexibility index (Phi) is 6.14. The van der Waals surface area contributed by atoms with Gasteiger partial charge in [-0.05, 0) is 32.0 Å². The van der Waals surface area contributed by atoms with E-state index in [2.05, 4.69) is 10.5 Å². The van der Waals surface area contributed by atoms with Gasteiger partial charge in [-0.3, -0.25) is 4.79 Å². The Morgan fingerprint density at radius 2 is 1.83 bits per heavy atom. The molecule has 0 aliphatic rings. The van der Waals surface area contributed by atoms with E-state index in [0.29, 0.717) is 5.56 Å². The summed E-state index contributed by atoms with van der Waals surface area (Å²) in [5.41, 5.74) is 4.18. The molecular formula is C18H18N2O3S. The number of carboxylic acid groups (broad SMARTS) is 1. The predicted molar refractivity (Wildman–Crippen MR) is 95.6 cm³/mol. The van der Waals surface area contributed by atoms with Crippen molar-refractivity contribution in [1.29, 1.82) is 0 Å². The summed E-state index contributed by atoms with van der Waals surface area (Å²) in [6.45, 7) is 3.80. The van der Waals surface area contributed by atoms with E-state index in [9.17, 15) is 9.59 Å². The van der Waals surface area contributed by atoms with Crippen LogP contribution in [0.1, 0.15) is 28.4 Å². The highest BCUT2D eigenvalue weighted by molar-refractivity contribution is 8.00. The third-order valence-electron chi connectivity index (χ3n) is 3.27. The maximum absolute atomic E-state index is 12.1. The van der Waals surface area contributed by atoms with Crippen molar-refractivity contribution in [3.63, 3.8) is 0 Å². The Hall–Kier alpha value is -2.60. The Labute approximate surface area is 144 Å². The summed E-state index contributed by atoms with van der Waals surface area (Å²) in [6.07, 6.45) is 1.34. The lowest BCUT2D eigenvalue weighted by Gasteiger charge is -2.09. The molecule has 0 bridgehead atoms. The number of amides is 1. The summed E-state index contributed by atoms with van der Waals surface area (Å²) in [4.78, 5) is 24.2. The van der Waals surface area contributed by atoms with Crippen molar-refractivity contribution in [1.82, 2.24) is 5.43 Å². The van der Waals surface area contributed by atoms with Crippen LogP contribution in [0.25, 0.3) is 0 Å². The van der Waals surface area contributed by atoms with Gasteiger partial charge in [0, 0.05) is 10.5 Å². The molecule has 5 nitrogen and oxygen atoms in total. The first-order valence-electron chi connectivity index (χ1n) is 7.36. The van der Waals surface area contributed by atoms with Crippen LogP contribution in [-0.2, 0) is 4.79 Å². The lowest BCUT2D eigenvalue weighted by atomic mass is 10.1. The van der Waals surface area contributed by atoms with Crippen LogP contribution in [0.15, 0.2) is 58.5 Å². The number of hydrazone groups is 1. The maximum atomic E-state index is 12.1. The molecule has 0 unspecified atom stereocenters. The van der Waals surface area contributed by atoms with E-state index in [-0.39, 0.29) is 16.7 Å². The topological polar surface area (TPSA) is 78.8 Å². The summed E-state index contributed by atoms with van der Waals surface area (Å²) < 4.78 is 0.